The molecule has 0 aromatic carbocycles. The first-order chi connectivity index (χ1) is 7.59. The van der Waals surface area contributed by atoms with Gasteiger partial charge in [0, 0.05) is 13.1 Å². The van der Waals surface area contributed by atoms with E-state index in [2.05, 4.69) is 17.9 Å². The molecule has 92 valence electrons. The van der Waals surface area contributed by atoms with Crippen LogP contribution in [0.15, 0.2) is 0 Å². The van der Waals surface area contributed by atoms with Crippen LogP contribution in [0, 0.1) is 11.3 Å². The van der Waals surface area contributed by atoms with Crippen molar-refractivity contribution < 1.29 is 4.74 Å². The molecule has 0 spiro atoms. The first-order valence-electron chi connectivity index (χ1n) is 6.14. The second-order valence-electron chi connectivity index (χ2n) is 4.71. The van der Waals surface area contributed by atoms with Crippen LogP contribution in [0.3, 0.4) is 0 Å². The highest BCUT2D eigenvalue weighted by Gasteiger charge is 2.22. The number of morpholine rings is 1. The molecule has 1 saturated heterocycles. The van der Waals surface area contributed by atoms with E-state index in [1.807, 2.05) is 6.92 Å². The normalized spacial score (nSPS) is 26.0. The maximum atomic E-state index is 8.96. The molecule has 4 nitrogen and oxygen atoms in total. The number of rotatable bonds is 5. The molecule has 16 heavy (non-hydrogen) atoms. The molecular formula is C12H23N3O. The van der Waals surface area contributed by atoms with Gasteiger partial charge in [0.2, 0.25) is 0 Å². The van der Waals surface area contributed by atoms with Crippen LogP contribution >= 0.6 is 0 Å². The van der Waals surface area contributed by atoms with Crippen molar-refractivity contribution in [2.45, 2.75) is 44.8 Å². The Morgan fingerprint density at radius 2 is 2.38 bits per heavy atom. The Morgan fingerprint density at radius 1 is 1.62 bits per heavy atom. The fourth-order valence-corrected chi connectivity index (χ4v) is 2.02. The van der Waals surface area contributed by atoms with E-state index in [0.29, 0.717) is 6.10 Å². The summed E-state index contributed by atoms with van der Waals surface area (Å²) in [4.78, 5) is 2.39. The van der Waals surface area contributed by atoms with Crippen molar-refractivity contribution in [3.8, 4) is 6.07 Å². The van der Waals surface area contributed by atoms with Crippen molar-refractivity contribution in [1.82, 2.24) is 4.90 Å². The molecule has 2 atom stereocenters. The minimum absolute atomic E-state index is 0.332. The van der Waals surface area contributed by atoms with E-state index in [-0.39, 0.29) is 0 Å². The third-order valence-electron chi connectivity index (χ3n) is 3.28. The van der Waals surface area contributed by atoms with Gasteiger partial charge in [-0.15, -0.1) is 0 Å². The molecule has 1 fully saturated rings. The molecule has 1 rings (SSSR count). The van der Waals surface area contributed by atoms with E-state index >= 15 is 0 Å². The van der Waals surface area contributed by atoms with Crippen molar-refractivity contribution >= 4 is 0 Å². The van der Waals surface area contributed by atoms with Crippen LogP contribution in [0.25, 0.3) is 0 Å². The van der Waals surface area contributed by atoms with Gasteiger partial charge in [-0.25, -0.2) is 0 Å². The number of hydrogen-bond donors (Lipinski definition) is 1. The zero-order valence-corrected chi connectivity index (χ0v) is 10.4. The lowest BCUT2D eigenvalue weighted by atomic mass is 9.93. The second kappa shape index (κ2) is 6.19. The molecule has 0 aliphatic carbocycles. The maximum absolute atomic E-state index is 8.96. The highest BCUT2D eigenvalue weighted by Crippen LogP contribution is 2.14. The standard InChI is InChI=1S/C12H23N3O/c1-3-12(14,10-13)5-4-6-15-7-8-16-11(2)9-15/h11H,3-9,14H2,1-2H3. The van der Waals surface area contributed by atoms with Crippen molar-refractivity contribution in [3.63, 3.8) is 0 Å². The molecule has 2 N–H and O–H groups in total. The van der Waals surface area contributed by atoms with Crippen LogP contribution in [-0.2, 0) is 4.74 Å². The lowest BCUT2D eigenvalue weighted by Gasteiger charge is -2.31. The Balaban J connectivity index is 2.22. The van der Waals surface area contributed by atoms with Gasteiger partial charge in [0.15, 0.2) is 0 Å². The van der Waals surface area contributed by atoms with Crippen LogP contribution < -0.4 is 5.73 Å². The summed E-state index contributed by atoms with van der Waals surface area (Å²) < 4.78 is 5.48. The van der Waals surface area contributed by atoms with Gasteiger partial charge in [-0.05, 0) is 32.7 Å². The number of nitrogens with two attached hydrogens (primary N) is 1. The Bertz CT molecular complexity index is 251. The van der Waals surface area contributed by atoms with E-state index in [1.165, 1.54) is 0 Å². The lowest BCUT2D eigenvalue weighted by molar-refractivity contribution is -0.0188. The average Bonchev–Trinajstić information content (AvgIpc) is 2.29. The summed E-state index contributed by atoms with van der Waals surface area (Å²) in [7, 11) is 0. The van der Waals surface area contributed by atoms with Gasteiger partial charge in [-0.1, -0.05) is 6.92 Å². The zero-order chi connectivity index (χ0) is 12.0. The van der Waals surface area contributed by atoms with E-state index < -0.39 is 5.54 Å². The summed E-state index contributed by atoms with van der Waals surface area (Å²) in [5.41, 5.74) is 5.31. The second-order valence-corrected chi connectivity index (χ2v) is 4.71. The zero-order valence-electron chi connectivity index (χ0n) is 10.4. The largest absolute Gasteiger partial charge is 0.376 e. The van der Waals surface area contributed by atoms with Gasteiger partial charge in [-0.3, -0.25) is 4.90 Å². The Kier molecular flexibility index (Phi) is 5.20. The SMILES string of the molecule is CCC(N)(C#N)CCCN1CCOC(C)C1. The third-order valence-corrected chi connectivity index (χ3v) is 3.28. The van der Waals surface area contributed by atoms with Crippen molar-refractivity contribution in [2.75, 3.05) is 26.2 Å². The molecule has 0 aromatic rings. The van der Waals surface area contributed by atoms with Crippen LogP contribution in [0.1, 0.15) is 33.1 Å². The van der Waals surface area contributed by atoms with Crippen LogP contribution in [0.4, 0.5) is 0 Å². The monoisotopic (exact) mass is 225 g/mol. The number of nitrogens with zero attached hydrogens (tertiary/aromatic N) is 2. The summed E-state index contributed by atoms with van der Waals surface area (Å²) in [6, 6.07) is 2.21. The summed E-state index contributed by atoms with van der Waals surface area (Å²) in [6.07, 6.45) is 2.83. The van der Waals surface area contributed by atoms with E-state index in [9.17, 15) is 0 Å². The lowest BCUT2D eigenvalue weighted by Crippen LogP contribution is -2.43. The third kappa shape index (κ3) is 4.09. The fourth-order valence-electron chi connectivity index (χ4n) is 2.02. The number of nitriles is 1. The predicted molar refractivity (Wildman–Crippen MR) is 63.9 cm³/mol. The van der Waals surface area contributed by atoms with Crippen molar-refractivity contribution in [1.29, 1.82) is 5.26 Å². The van der Waals surface area contributed by atoms with Gasteiger partial charge in [0.1, 0.15) is 5.54 Å². The van der Waals surface area contributed by atoms with Crippen molar-refractivity contribution in [2.24, 2.45) is 5.73 Å². The Morgan fingerprint density at radius 3 is 2.94 bits per heavy atom. The quantitative estimate of drug-likeness (QED) is 0.761. The number of hydrogen-bond acceptors (Lipinski definition) is 4. The van der Waals surface area contributed by atoms with Crippen LogP contribution in [0.5, 0.6) is 0 Å². The first-order valence-corrected chi connectivity index (χ1v) is 6.14. The molecule has 4 heteroatoms. The molecule has 2 unspecified atom stereocenters. The van der Waals surface area contributed by atoms with E-state index in [1.54, 1.807) is 0 Å². The minimum Gasteiger partial charge on any atom is -0.376 e. The summed E-state index contributed by atoms with van der Waals surface area (Å²) in [6.45, 7) is 7.91. The molecule has 0 saturated carbocycles. The first kappa shape index (κ1) is 13.4. The van der Waals surface area contributed by atoms with E-state index in [0.717, 1.165) is 45.5 Å². The Hall–Kier alpha value is -0.630. The predicted octanol–water partition coefficient (Wildman–Crippen LogP) is 1.12. The summed E-state index contributed by atoms with van der Waals surface area (Å²) in [5, 5.41) is 8.96. The van der Waals surface area contributed by atoms with Gasteiger partial charge < -0.3 is 10.5 Å². The van der Waals surface area contributed by atoms with Gasteiger partial charge in [0.25, 0.3) is 0 Å². The highest BCUT2D eigenvalue weighted by atomic mass is 16.5. The van der Waals surface area contributed by atoms with Gasteiger partial charge in [0.05, 0.1) is 18.8 Å². The Labute approximate surface area is 98.4 Å². The average molecular weight is 225 g/mol. The van der Waals surface area contributed by atoms with Gasteiger partial charge in [-0.2, -0.15) is 5.26 Å². The summed E-state index contributed by atoms with van der Waals surface area (Å²) in [5.74, 6) is 0. The highest BCUT2D eigenvalue weighted by molar-refractivity contribution is 5.03. The minimum atomic E-state index is -0.627. The summed E-state index contributed by atoms with van der Waals surface area (Å²) >= 11 is 0. The molecule has 0 radical (unpaired) electrons. The van der Waals surface area contributed by atoms with E-state index in [4.69, 9.17) is 15.7 Å². The smallest absolute Gasteiger partial charge is 0.104 e. The maximum Gasteiger partial charge on any atom is 0.104 e. The van der Waals surface area contributed by atoms with Crippen LogP contribution in [-0.4, -0.2) is 42.8 Å². The molecule has 0 amide bonds. The molecule has 1 aliphatic rings. The molecule has 0 bridgehead atoms. The topological polar surface area (TPSA) is 62.3 Å². The molecule has 0 aromatic heterocycles. The fraction of sp³-hybridized carbons (Fsp3) is 0.917. The van der Waals surface area contributed by atoms with Crippen molar-refractivity contribution in [3.05, 3.63) is 0 Å². The molecular weight excluding hydrogens is 202 g/mol. The van der Waals surface area contributed by atoms with Gasteiger partial charge >= 0.3 is 0 Å². The number of ether oxygens (including phenoxy) is 1. The van der Waals surface area contributed by atoms with Crippen LogP contribution in [0.2, 0.25) is 0 Å². The molecule has 1 heterocycles. The molecule has 1 aliphatic heterocycles.